The van der Waals surface area contributed by atoms with Gasteiger partial charge in [0.2, 0.25) is 5.91 Å². The molecule has 0 saturated heterocycles. The van der Waals surface area contributed by atoms with Crippen LogP contribution in [0.4, 0.5) is 0 Å². The molecule has 106 valence electrons. The summed E-state index contributed by atoms with van der Waals surface area (Å²) >= 11 is 0. The summed E-state index contributed by atoms with van der Waals surface area (Å²) < 4.78 is 4.91. The van der Waals surface area contributed by atoms with Gasteiger partial charge in [-0.05, 0) is 18.1 Å². The number of benzene rings is 1. The number of nitrogens with one attached hydrogen (secondary N) is 1. The number of furan rings is 1. The molecule has 0 aliphatic rings. The van der Waals surface area contributed by atoms with Gasteiger partial charge in [-0.1, -0.05) is 37.3 Å². The summed E-state index contributed by atoms with van der Waals surface area (Å²) in [4.78, 5) is 12.2. The van der Waals surface area contributed by atoms with Crippen LogP contribution in [0.5, 0.6) is 0 Å². The Morgan fingerprint density at radius 1 is 1.25 bits per heavy atom. The Kier molecular flexibility index (Phi) is 4.96. The quantitative estimate of drug-likeness (QED) is 0.850. The molecule has 4 nitrogen and oxygen atoms in total. The molecule has 0 spiro atoms. The van der Waals surface area contributed by atoms with E-state index < -0.39 is 6.10 Å². The molecule has 2 atom stereocenters. The van der Waals surface area contributed by atoms with Gasteiger partial charge in [-0.15, -0.1) is 0 Å². The van der Waals surface area contributed by atoms with Crippen molar-refractivity contribution >= 4 is 5.91 Å². The van der Waals surface area contributed by atoms with Crippen molar-refractivity contribution in [1.29, 1.82) is 0 Å². The van der Waals surface area contributed by atoms with Gasteiger partial charge in [0.25, 0.3) is 0 Å². The van der Waals surface area contributed by atoms with E-state index in [0.29, 0.717) is 5.56 Å². The first kappa shape index (κ1) is 14.3. The van der Waals surface area contributed by atoms with Crippen LogP contribution in [0.2, 0.25) is 0 Å². The van der Waals surface area contributed by atoms with Crippen LogP contribution in [0.3, 0.4) is 0 Å². The highest BCUT2D eigenvalue weighted by Gasteiger charge is 2.19. The molecule has 0 bridgehead atoms. The second kappa shape index (κ2) is 6.91. The van der Waals surface area contributed by atoms with Crippen LogP contribution in [0, 0.1) is 0 Å². The maximum Gasteiger partial charge on any atom is 0.227 e. The minimum Gasteiger partial charge on any atom is -0.472 e. The molecule has 1 heterocycles. The van der Waals surface area contributed by atoms with Crippen LogP contribution >= 0.6 is 0 Å². The van der Waals surface area contributed by atoms with Gasteiger partial charge < -0.3 is 14.8 Å². The maximum atomic E-state index is 12.2. The monoisotopic (exact) mass is 273 g/mol. The highest BCUT2D eigenvalue weighted by Crippen LogP contribution is 2.19. The molecule has 20 heavy (non-hydrogen) atoms. The number of aliphatic hydroxyl groups is 1. The number of hydrogen-bond donors (Lipinski definition) is 2. The molecule has 0 fully saturated rings. The fourth-order valence-electron chi connectivity index (χ4n) is 2.16. The summed E-state index contributed by atoms with van der Waals surface area (Å²) in [5.74, 6) is -0.256. The standard InChI is InChI=1S/C16H19NO3/c1-2-14(12-6-4-3-5-7-12)16(19)17-10-15(18)13-8-9-20-11-13/h3-9,11,14-15,18H,2,10H2,1H3,(H,17,19). The molecule has 0 radical (unpaired) electrons. The third-order valence-corrected chi connectivity index (χ3v) is 3.32. The second-order valence-corrected chi connectivity index (χ2v) is 4.69. The van der Waals surface area contributed by atoms with Gasteiger partial charge in [0.15, 0.2) is 0 Å². The molecule has 0 aliphatic heterocycles. The van der Waals surface area contributed by atoms with E-state index in [4.69, 9.17) is 4.42 Å². The molecular formula is C16H19NO3. The number of rotatable bonds is 6. The predicted octanol–water partition coefficient (Wildman–Crippen LogP) is 2.62. The predicted molar refractivity (Wildman–Crippen MR) is 76.2 cm³/mol. The Labute approximate surface area is 118 Å². The summed E-state index contributed by atoms with van der Waals surface area (Å²) in [5.41, 5.74) is 1.66. The van der Waals surface area contributed by atoms with E-state index in [9.17, 15) is 9.90 Å². The average Bonchev–Trinajstić information content (AvgIpc) is 3.01. The van der Waals surface area contributed by atoms with Crippen molar-refractivity contribution in [3.63, 3.8) is 0 Å². The van der Waals surface area contributed by atoms with Crippen LogP contribution in [-0.4, -0.2) is 17.6 Å². The number of amides is 1. The van der Waals surface area contributed by atoms with E-state index in [2.05, 4.69) is 5.32 Å². The molecule has 0 saturated carbocycles. The Bertz CT molecular complexity index is 522. The van der Waals surface area contributed by atoms with Gasteiger partial charge in [0.1, 0.15) is 0 Å². The van der Waals surface area contributed by atoms with Gasteiger partial charge in [-0.25, -0.2) is 0 Å². The van der Waals surface area contributed by atoms with E-state index in [0.717, 1.165) is 12.0 Å². The zero-order valence-electron chi connectivity index (χ0n) is 11.5. The number of carbonyl (C=O) groups excluding carboxylic acids is 1. The van der Waals surface area contributed by atoms with Crippen molar-refractivity contribution in [2.24, 2.45) is 0 Å². The van der Waals surface area contributed by atoms with Crippen LogP contribution in [0.15, 0.2) is 53.3 Å². The molecule has 0 aliphatic carbocycles. The number of aliphatic hydroxyl groups excluding tert-OH is 1. The highest BCUT2D eigenvalue weighted by atomic mass is 16.3. The maximum absolute atomic E-state index is 12.2. The van der Waals surface area contributed by atoms with Crippen molar-refractivity contribution in [3.05, 3.63) is 60.1 Å². The van der Waals surface area contributed by atoms with Gasteiger partial charge in [-0.2, -0.15) is 0 Å². The lowest BCUT2D eigenvalue weighted by atomic mass is 9.95. The fraction of sp³-hybridized carbons (Fsp3) is 0.312. The van der Waals surface area contributed by atoms with Gasteiger partial charge in [0, 0.05) is 12.1 Å². The Balaban J connectivity index is 1.93. The summed E-state index contributed by atoms with van der Waals surface area (Å²) in [7, 11) is 0. The second-order valence-electron chi connectivity index (χ2n) is 4.69. The first-order valence-electron chi connectivity index (χ1n) is 6.75. The van der Waals surface area contributed by atoms with E-state index in [1.807, 2.05) is 37.3 Å². The zero-order valence-corrected chi connectivity index (χ0v) is 11.5. The Morgan fingerprint density at radius 3 is 2.60 bits per heavy atom. The number of hydrogen-bond acceptors (Lipinski definition) is 3. The Morgan fingerprint density at radius 2 is 2.00 bits per heavy atom. The van der Waals surface area contributed by atoms with Crippen LogP contribution in [0.1, 0.15) is 36.5 Å². The third-order valence-electron chi connectivity index (χ3n) is 3.32. The summed E-state index contributed by atoms with van der Waals surface area (Å²) in [6.45, 7) is 2.16. The number of carbonyl (C=O) groups is 1. The fourth-order valence-corrected chi connectivity index (χ4v) is 2.16. The minimum atomic E-state index is -0.744. The lowest BCUT2D eigenvalue weighted by Gasteiger charge is -2.17. The van der Waals surface area contributed by atoms with Crippen molar-refractivity contribution in [2.75, 3.05) is 6.54 Å². The van der Waals surface area contributed by atoms with Crippen molar-refractivity contribution < 1.29 is 14.3 Å². The van der Waals surface area contributed by atoms with Crippen LogP contribution < -0.4 is 5.32 Å². The van der Waals surface area contributed by atoms with Crippen molar-refractivity contribution in [2.45, 2.75) is 25.4 Å². The minimum absolute atomic E-state index is 0.0683. The normalized spacial score (nSPS) is 13.7. The molecule has 1 aromatic heterocycles. The lowest BCUT2D eigenvalue weighted by Crippen LogP contribution is -2.32. The lowest BCUT2D eigenvalue weighted by molar-refractivity contribution is -0.123. The molecule has 2 N–H and O–H groups in total. The summed E-state index contributed by atoms with van der Waals surface area (Å²) in [5, 5.41) is 12.7. The van der Waals surface area contributed by atoms with E-state index in [-0.39, 0.29) is 18.4 Å². The van der Waals surface area contributed by atoms with Gasteiger partial charge in [0.05, 0.1) is 24.5 Å². The molecule has 2 unspecified atom stereocenters. The first-order valence-corrected chi connectivity index (χ1v) is 6.75. The molecule has 1 amide bonds. The Hall–Kier alpha value is -2.07. The smallest absolute Gasteiger partial charge is 0.227 e. The highest BCUT2D eigenvalue weighted by molar-refractivity contribution is 5.83. The van der Waals surface area contributed by atoms with Crippen molar-refractivity contribution in [1.82, 2.24) is 5.32 Å². The molecular weight excluding hydrogens is 254 g/mol. The molecule has 1 aromatic carbocycles. The first-order chi connectivity index (χ1) is 9.72. The molecule has 2 rings (SSSR count). The zero-order chi connectivity index (χ0) is 14.4. The topological polar surface area (TPSA) is 62.5 Å². The van der Waals surface area contributed by atoms with Crippen LogP contribution in [0.25, 0.3) is 0 Å². The average molecular weight is 273 g/mol. The van der Waals surface area contributed by atoms with Gasteiger partial charge in [-0.3, -0.25) is 4.79 Å². The van der Waals surface area contributed by atoms with Crippen LogP contribution in [-0.2, 0) is 4.79 Å². The summed E-state index contributed by atoms with van der Waals surface area (Å²) in [6, 6.07) is 11.3. The van der Waals surface area contributed by atoms with E-state index >= 15 is 0 Å². The summed E-state index contributed by atoms with van der Waals surface area (Å²) in [6.07, 6.45) is 2.95. The van der Waals surface area contributed by atoms with E-state index in [1.165, 1.54) is 12.5 Å². The largest absolute Gasteiger partial charge is 0.472 e. The molecule has 2 aromatic rings. The molecule has 4 heteroatoms. The van der Waals surface area contributed by atoms with Crippen molar-refractivity contribution in [3.8, 4) is 0 Å². The SMILES string of the molecule is CCC(C(=O)NCC(O)c1ccoc1)c1ccccc1. The third kappa shape index (κ3) is 3.48. The van der Waals surface area contributed by atoms with E-state index in [1.54, 1.807) is 6.07 Å². The van der Waals surface area contributed by atoms with Gasteiger partial charge >= 0.3 is 0 Å².